The van der Waals surface area contributed by atoms with Crippen molar-refractivity contribution in [3.8, 4) is 0 Å². The molecule has 1 aliphatic carbocycles. The zero-order valence-corrected chi connectivity index (χ0v) is 12.0. The van der Waals surface area contributed by atoms with Crippen molar-refractivity contribution in [3.63, 3.8) is 0 Å². The monoisotopic (exact) mass is 306 g/mol. The molecule has 0 aromatic carbocycles. The van der Waals surface area contributed by atoms with Crippen LogP contribution in [-0.2, 0) is 9.59 Å². The molecule has 0 unspecified atom stereocenters. The SMILES string of the molecule is CC1CCC(NC(=O)[C@H]2CC[C@H](C(F)(F)F)NC2=O)CC1. The molecule has 1 aliphatic heterocycles. The fourth-order valence-electron chi connectivity index (χ4n) is 3.01. The fraction of sp³-hybridized carbons (Fsp3) is 0.857. The molecule has 2 atom stereocenters. The van der Waals surface area contributed by atoms with Crippen LogP contribution in [0.15, 0.2) is 0 Å². The van der Waals surface area contributed by atoms with E-state index in [1.54, 1.807) is 0 Å². The molecular weight excluding hydrogens is 285 g/mol. The number of carbonyl (C=O) groups is 2. The van der Waals surface area contributed by atoms with Crippen LogP contribution < -0.4 is 10.6 Å². The Morgan fingerprint density at radius 3 is 2.29 bits per heavy atom. The number of carbonyl (C=O) groups excluding carboxylic acids is 2. The maximum Gasteiger partial charge on any atom is 0.408 e. The second-order valence-electron chi connectivity index (χ2n) is 6.20. The molecule has 2 aliphatic rings. The first-order chi connectivity index (χ1) is 9.77. The molecule has 0 bridgehead atoms. The van der Waals surface area contributed by atoms with Gasteiger partial charge in [-0.3, -0.25) is 9.59 Å². The summed E-state index contributed by atoms with van der Waals surface area (Å²) in [7, 11) is 0. The Morgan fingerprint density at radius 1 is 1.14 bits per heavy atom. The third-order valence-electron chi connectivity index (χ3n) is 4.45. The summed E-state index contributed by atoms with van der Waals surface area (Å²) in [5.74, 6) is -1.61. The first-order valence-corrected chi connectivity index (χ1v) is 7.45. The molecule has 2 fully saturated rings. The van der Waals surface area contributed by atoms with Crippen molar-refractivity contribution in [2.45, 2.75) is 63.7 Å². The van der Waals surface area contributed by atoms with E-state index in [1.807, 2.05) is 5.32 Å². The standard InChI is InChI=1S/C14H21F3N2O2/c1-8-2-4-9(5-3-8)18-12(20)10-6-7-11(14(15,16)17)19-13(10)21/h8-11H,2-7H2,1H3,(H,18,20)(H,19,21)/t8?,9?,10-,11-/m1/s1. The summed E-state index contributed by atoms with van der Waals surface area (Å²) in [5, 5.41) is 4.72. The number of amides is 2. The van der Waals surface area contributed by atoms with E-state index >= 15 is 0 Å². The highest BCUT2D eigenvalue weighted by molar-refractivity contribution is 6.01. The van der Waals surface area contributed by atoms with Crippen molar-refractivity contribution in [1.29, 1.82) is 0 Å². The first-order valence-electron chi connectivity index (χ1n) is 7.45. The largest absolute Gasteiger partial charge is 0.408 e. The number of alkyl halides is 3. The molecule has 0 radical (unpaired) electrons. The van der Waals surface area contributed by atoms with Gasteiger partial charge in [0.05, 0.1) is 0 Å². The minimum absolute atomic E-state index is 0.0434. The van der Waals surface area contributed by atoms with Gasteiger partial charge in [-0.15, -0.1) is 0 Å². The first kappa shape index (κ1) is 16.1. The highest BCUT2D eigenvalue weighted by Gasteiger charge is 2.46. The van der Waals surface area contributed by atoms with Crippen LogP contribution >= 0.6 is 0 Å². The molecule has 0 aromatic heterocycles. The minimum Gasteiger partial charge on any atom is -0.353 e. The van der Waals surface area contributed by atoms with Gasteiger partial charge in [-0.25, -0.2) is 0 Å². The van der Waals surface area contributed by atoms with Crippen molar-refractivity contribution in [2.75, 3.05) is 0 Å². The van der Waals surface area contributed by atoms with Gasteiger partial charge >= 0.3 is 6.18 Å². The summed E-state index contributed by atoms with van der Waals surface area (Å²) in [6, 6.07) is -1.79. The van der Waals surface area contributed by atoms with Gasteiger partial charge in [0.15, 0.2) is 0 Å². The highest BCUT2D eigenvalue weighted by atomic mass is 19.4. The lowest BCUT2D eigenvalue weighted by molar-refractivity contribution is -0.171. The third kappa shape index (κ3) is 4.11. The Labute approximate surface area is 121 Å². The molecule has 2 N–H and O–H groups in total. The summed E-state index contributed by atoms with van der Waals surface area (Å²) in [6.45, 7) is 2.16. The molecule has 120 valence electrons. The molecule has 2 amide bonds. The molecule has 1 saturated heterocycles. The second-order valence-corrected chi connectivity index (χ2v) is 6.20. The molecule has 0 aromatic rings. The van der Waals surface area contributed by atoms with Gasteiger partial charge in [-0.2, -0.15) is 13.2 Å². The minimum atomic E-state index is -4.45. The van der Waals surface area contributed by atoms with Gasteiger partial charge in [-0.1, -0.05) is 6.92 Å². The van der Waals surface area contributed by atoms with Crippen molar-refractivity contribution >= 4 is 11.8 Å². The number of nitrogens with one attached hydrogen (secondary N) is 2. The zero-order chi connectivity index (χ0) is 15.6. The lowest BCUT2D eigenvalue weighted by Gasteiger charge is -2.32. The average molecular weight is 306 g/mol. The topological polar surface area (TPSA) is 58.2 Å². The van der Waals surface area contributed by atoms with E-state index in [4.69, 9.17) is 0 Å². The van der Waals surface area contributed by atoms with E-state index < -0.39 is 30.0 Å². The van der Waals surface area contributed by atoms with Crippen molar-refractivity contribution in [2.24, 2.45) is 11.8 Å². The quantitative estimate of drug-likeness (QED) is 0.768. The molecule has 21 heavy (non-hydrogen) atoms. The Kier molecular flexibility index (Phi) is 4.78. The van der Waals surface area contributed by atoms with Crippen LogP contribution in [0, 0.1) is 11.8 Å². The van der Waals surface area contributed by atoms with Crippen molar-refractivity contribution < 1.29 is 22.8 Å². The molecule has 1 heterocycles. The van der Waals surface area contributed by atoms with Gasteiger partial charge in [0.2, 0.25) is 11.8 Å². The van der Waals surface area contributed by atoms with Gasteiger partial charge in [-0.05, 0) is 44.4 Å². The van der Waals surface area contributed by atoms with Gasteiger partial charge in [0, 0.05) is 6.04 Å². The number of hydrogen-bond donors (Lipinski definition) is 2. The zero-order valence-electron chi connectivity index (χ0n) is 12.0. The summed E-state index contributed by atoms with van der Waals surface area (Å²) in [4.78, 5) is 23.8. The molecule has 7 heteroatoms. The van der Waals surface area contributed by atoms with Crippen LogP contribution in [0.5, 0.6) is 0 Å². The lowest BCUT2D eigenvalue weighted by atomic mass is 9.86. The van der Waals surface area contributed by atoms with E-state index in [2.05, 4.69) is 12.2 Å². The van der Waals surface area contributed by atoms with Gasteiger partial charge in [0.25, 0.3) is 0 Å². The Bertz CT molecular complexity index is 404. The van der Waals surface area contributed by atoms with E-state index in [0.29, 0.717) is 5.92 Å². The van der Waals surface area contributed by atoms with E-state index in [-0.39, 0.29) is 18.9 Å². The van der Waals surface area contributed by atoms with E-state index in [9.17, 15) is 22.8 Å². The molecule has 4 nitrogen and oxygen atoms in total. The number of piperidine rings is 1. The van der Waals surface area contributed by atoms with Crippen LogP contribution in [0.4, 0.5) is 13.2 Å². The number of hydrogen-bond acceptors (Lipinski definition) is 2. The van der Waals surface area contributed by atoms with Crippen LogP contribution in [0.2, 0.25) is 0 Å². The normalized spacial score (nSPS) is 34.2. The second kappa shape index (κ2) is 6.23. The number of rotatable bonds is 2. The maximum atomic E-state index is 12.5. The van der Waals surface area contributed by atoms with Crippen LogP contribution in [-0.4, -0.2) is 30.1 Å². The molecule has 0 spiro atoms. The third-order valence-corrected chi connectivity index (χ3v) is 4.45. The van der Waals surface area contributed by atoms with Crippen LogP contribution in [0.25, 0.3) is 0 Å². The van der Waals surface area contributed by atoms with E-state index in [1.165, 1.54) is 0 Å². The summed E-state index contributed by atoms with van der Waals surface area (Å²) >= 11 is 0. The van der Waals surface area contributed by atoms with Gasteiger partial charge < -0.3 is 10.6 Å². The summed E-state index contributed by atoms with van der Waals surface area (Å²) < 4.78 is 37.6. The van der Waals surface area contributed by atoms with E-state index in [0.717, 1.165) is 25.7 Å². The summed E-state index contributed by atoms with van der Waals surface area (Å²) in [6.07, 6.45) is -0.953. The van der Waals surface area contributed by atoms with Gasteiger partial charge in [0.1, 0.15) is 12.0 Å². The Balaban J connectivity index is 1.85. The predicted octanol–water partition coefficient (Wildman–Crippen LogP) is 2.14. The maximum absolute atomic E-state index is 12.5. The van der Waals surface area contributed by atoms with Crippen LogP contribution in [0.1, 0.15) is 45.4 Å². The fourth-order valence-corrected chi connectivity index (χ4v) is 3.01. The van der Waals surface area contributed by atoms with Crippen LogP contribution in [0.3, 0.4) is 0 Å². The highest BCUT2D eigenvalue weighted by Crippen LogP contribution is 2.29. The number of halogens is 3. The Hall–Kier alpha value is -1.27. The smallest absolute Gasteiger partial charge is 0.353 e. The van der Waals surface area contributed by atoms with Crippen molar-refractivity contribution in [1.82, 2.24) is 10.6 Å². The molecule has 2 rings (SSSR count). The predicted molar refractivity (Wildman–Crippen MR) is 70.3 cm³/mol. The molecule has 1 saturated carbocycles. The average Bonchev–Trinajstić information content (AvgIpc) is 2.40. The molecular formula is C14H21F3N2O2. The Morgan fingerprint density at radius 2 is 1.76 bits per heavy atom. The summed E-state index contributed by atoms with van der Waals surface area (Å²) in [5.41, 5.74) is 0. The lowest BCUT2D eigenvalue weighted by Crippen LogP contribution is -2.55. The van der Waals surface area contributed by atoms with Crippen molar-refractivity contribution in [3.05, 3.63) is 0 Å².